The number of hydrogen-bond donors (Lipinski definition) is 1. The van der Waals surface area contributed by atoms with E-state index >= 15 is 0 Å². The van der Waals surface area contributed by atoms with E-state index in [4.69, 9.17) is 21.1 Å². The number of amides is 1. The fraction of sp³-hybridized carbons (Fsp3) is 0.462. The first kappa shape index (κ1) is 28.9. The molecular weight excluding hydrogens is 509 g/mol. The summed E-state index contributed by atoms with van der Waals surface area (Å²) < 4.78 is 5.80. The van der Waals surface area contributed by atoms with Crippen LogP contribution < -0.4 is 40.0 Å². The molecule has 2 heterocycles. The molecule has 1 atom stereocenters. The van der Waals surface area contributed by atoms with Gasteiger partial charge in [-0.15, -0.1) is 11.3 Å². The van der Waals surface area contributed by atoms with Gasteiger partial charge >= 0.3 is 29.6 Å². The Labute approximate surface area is 242 Å². The van der Waals surface area contributed by atoms with Crippen molar-refractivity contribution in [3.63, 3.8) is 0 Å². The molecule has 0 aliphatic heterocycles. The third-order valence-electron chi connectivity index (χ3n) is 6.02. The SMILES string of the molecule is Cc1ccc(NC(=O)C[C@H](CCC(=O)[O-])c2noc(-c3csc(CC(C)C)n3)c2C2CC2)c(Cl)c1.[Na+]. The van der Waals surface area contributed by atoms with E-state index in [1.54, 1.807) is 23.5 Å². The van der Waals surface area contributed by atoms with Crippen LogP contribution in [0.4, 0.5) is 5.69 Å². The molecule has 0 saturated heterocycles. The zero-order valence-electron chi connectivity index (χ0n) is 21.1. The summed E-state index contributed by atoms with van der Waals surface area (Å²) in [6.07, 6.45) is 2.99. The Morgan fingerprint density at radius 1 is 1.31 bits per heavy atom. The van der Waals surface area contributed by atoms with E-state index in [-0.39, 0.29) is 60.6 Å². The monoisotopic (exact) mass is 537 g/mol. The molecule has 7 nitrogen and oxygen atoms in total. The second-order valence-corrected chi connectivity index (χ2v) is 11.0. The predicted octanol–water partition coefficient (Wildman–Crippen LogP) is 2.48. The third-order valence-corrected chi connectivity index (χ3v) is 7.21. The first-order chi connectivity index (χ1) is 16.7. The van der Waals surface area contributed by atoms with Gasteiger partial charge in [-0.3, -0.25) is 4.79 Å². The van der Waals surface area contributed by atoms with Crippen LogP contribution in [0.15, 0.2) is 28.1 Å². The molecular formula is C26H29ClN3NaO4S. The number of aromatic nitrogens is 2. The number of rotatable bonds is 11. The van der Waals surface area contributed by atoms with Crippen LogP contribution in [-0.4, -0.2) is 22.0 Å². The summed E-state index contributed by atoms with van der Waals surface area (Å²) in [5, 5.41) is 21.9. The van der Waals surface area contributed by atoms with Gasteiger partial charge in [-0.1, -0.05) is 36.7 Å². The van der Waals surface area contributed by atoms with Crippen molar-refractivity contribution in [1.82, 2.24) is 10.1 Å². The van der Waals surface area contributed by atoms with Crippen molar-refractivity contribution in [2.45, 2.75) is 71.1 Å². The number of nitrogens with zero attached hydrogens (tertiary/aromatic N) is 2. The minimum Gasteiger partial charge on any atom is -0.550 e. The van der Waals surface area contributed by atoms with Gasteiger partial charge in [0.1, 0.15) is 5.69 Å². The molecule has 1 N–H and O–H groups in total. The van der Waals surface area contributed by atoms with Crippen LogP contribution in [0.1, 0.15) is 79.6 Å². The Morgan fingerprint density at radius 3 is 2.69 bits per heavy atom. The van der Waals surface area contributed by atoms with Crippen LogP contribution in [0.25, 0.3) is 11.5 Å². The van der Waals surface area contributed by atoms with Gasteiger partial charge in [0.15, 0.2) is 5.76 Å². The largest absolute Gasteiger partial charge is 1.00 e. The fourth-order valence-electron chi connectivity index (χ4n) is 4.19. The number of anilines is 1. The number of carbonyl (C=O) groups excluding carboxylic acids is 2. The van der Waals surface area contributed by atoms with Gasteiger partial charge in [0.2, 0.25) is 5.91 Å². The van der Waals surface area contributed by atoms with Crippen LogP contribution in [0.3, 0.4) is 0 Å². The molecule has 0 unspecified atom stereocenters. The number of halogens is 1. The van der Waals surface area contributed by atoms with Crippen molar-refractivity contribution in [2.75, 3.05) is 5.32 Å². The number of benzene rings is 1. The number of thiazole rings is 1. The van der Waals surface area contributed by atoms with E-state index in [9.17, 15) is 14.7 Å². The van der Waals surface area contributed by atoms with Gasteiger partial charge in [-0.2, -0.15) is 0 Å². The Bertz CT molecular complexity index is 1220. The number of carboxylic acids is 1. The first-order valence-corrected chi connectivity index (χ1v) is 13.2. The van der Waals surface area contributed by atoms with Gasteiger partial charge in [-0.25, -0.2) is 4.98 Å². The molecule has 1 aliphatic rings. The minimum absolute atomic E-state index is 0. The maximum absolute atomic E-state index is 13.0. The molecule has 1 saturated carbocycles. The average molecular weight is 538 g/mol. The summed E-state index contributed by atoms with van der Waals surface area (Å²) in [7, 11) is 0. The van der Waals surface area contributed by atoms with E-state index in [0.29, 0.717) is 28.1 Å². The van der Waals surface area contributed by atoms with Crippen LogP contribution in [0.5, 0.6) is 0 Å². The summed E-state index contributed by atoms with van der Waals surface area (Å²) in [4.78, 5) is 29.0. The molecule has 3 aromatic rings. The number of nitrogens with one attached hydrogen (secondary N) is 1. The molecule has 0 radical (unpaired) electrons. The fourth-order valence-corrected chi connectivity index (χ4v) is 5.46. The number of carboxylic acid groups (broad SMARTS) is 1. The van der Waals surface area contributed by atoms with E-state index in [1.165, 1.54) is 0 Å². The maximum atomic E-state index is 13.0. The Balaban J connectivity index is 0.00000361. The van der Waals surface area contributed by atoms with Crippen molar-refractivity contribution >= 4 is 40.5 Å². The van der Waals surface area contributed by atoms with E-state index in [0.717, 1.165) is 41.1 Å². The molecule has 0 bridgehead atoms. The van der Waals surface area contributed by atoms with Crippen molar-refractivity contribution in [3.8, 4) is 11.5 Å². The van der Waals surface area contributed by atoms with Gasteiger partial charge in [0.05, 0.1) is 21.4 Å². The normalized spacial score (nSPS) is 13.9. The maximum Gasteiger partial charge on any atom is 1.00 e. The van der Waals surface area contributed by atoms with Crippen molar-refractivity contribution < 1.29 is 48.8 Å². The minimum atomic E-state index is -1.16. The smallest absolute Gasteiger partial charge is 0.550 e. The molecule has 4 rings (SSSR count). The third kappa shape index (κ3) is 7.42. The van der Waals surface area contributed by atoms with Crippen LogP contribution in [0, 0.1) is 12.8 Å². The molecule has 1 aromatic carbocycles. The van der Waals surface area contributed by atoms with Gasteiger partial charge < -0.3 is 19.7 Å². The molecule has 0 spiro atoms. The molecule has 1 fully saturated rings. The number of carbonyl (C=O) groups is 2. The molecule has 1 aliphatic carbocycles. The predicted molar refractivity (Wildman–Crippen MR) is 135 cm³/mol. The van der Waals surface area contributed by atoms with E-state index in [2.05, 4.69) is 24.3 Å². The molecule has 2 aromatic heterocycles. The van der Waals surface area contributed by atoms with E-state index < -0.39 is 11.9 Å². The van der Waals surface area contributed by atoms with Gasteiger partial charge in [-0.05, 0) is 62.1 Å². The van der Waals surface area contributed by atoms with Crippen LogP contribution >= 0.6 is 22.9 Å². The second kappa shape index (κ2) is 12.7. The van der Waals surface area contributed by atoms with Crippen molar-refractivity contribution in [3.05, 3.63) is 50.4 Å². The van der Waals surface area contributed by atoms with E-state index in [1.807, 2.05) is 18.4 Å². The Kier molecular flexibility index (Phi) is 10.2. The number of hydrogen-bond acceptors (Lipinski definition) is 7. The second-order valence-electron chi connectivity index (χ2n) is 9.65. The zero-order valence-corrected chi connectivity index (χ0v) is 24.7. The number of aryl methyl sites for hydroxylation is 1. The molecule has 186 valence electrons. The van der Waals surface area contributed by atoms with Crippen molar-refractivity contribution in [1.29, 1.82) is 0 Å². The topological polar surface area (TPSA) is 108 Å². The Hall–Kier alpha value is -1.71. The van der Waals surface area contributed by atoms with Crippen molar-refractivity contribution in [2.24, 2.45) is 5.92 Å². The van der Waals surface area contributed by atoms with Gasteiger partial charge in [0.25, 0.3) is 0 Å². The summed E-state index contributed by atoms with van der Waals surface area (Å²) >= 11 is 7.87. The summed E-state index contributed by atoms with van der Waals surface area (Å²) in [6, 6.07) is 5.40. The molecule has 10 heteroatoms. The average Bonchev–Trinajstić information content (AvgIpc) is 3.36. The molecule has 36 heavy (non-hydrogen) atoms. The number of aliphatic carboxylic acids is 1. The zero-order chi connectivity index (χ0) is 25.1. The first-order valence-electron chi connectivity index (χ1n) is 11.9. The summed E-state index contributed by atoms with van der Waals surface area (Å²) in [6.45, 7) is 6.23. The standard InChI is InChI=1S/C26H30ClN3O4S.Na/c1-14(2)10-22-29-20(13-35-22)26-24(16-5-6-16)25(30-34-26)17(7-9-23(32)33)12-21(31)28-19-8-4-15(3)11-18(19)27;/h4,8,11,13-14,16-17H,5-7,9-10,12H2,1-3H3,(H,28,31)(H,32,33);/q;+1/p-1/t17-;/m0./s1. The van der Waals surface area contributed by atoms with Crippen LogP contribution in [-0.2, 0) is 16.0 Å². The molecule has 1 amide bonds. The summed E-state index contributed by atoms with van der Waals surface area (Å²) in [5.74, 6) is -0.448. The van der Waals surface area contributed by atoms with Gasteiger partial charge in [0, 0.05) is 35.7 Å². The Morgan fingerprint density at radius 2 is 2.06 bits per heavy atom. The quantitative estimate of drug-likeness (QED) is 0.376. The van der Waals surface area contributed by atoms with Crippen LogP contribution in [0.2, 0.25) is 5.02 Å². The summed E-state index contributed by atoms with van der Waals surface area (Å²) in [5.41, 5.74) is 3.86.